The number of nitrogens with two attached hydrogens (primary N) is 1. The highest BCUT2D eigenvalue weighted by Crippen LogP contribution is 2.06. The smallest absolute Gasteiger partial charge is 0.324 e. The minimum atomic E-state index is -1.15. The third-order valence-electron chi connectivity index (χ3n) is 2.41. The van der Waals surface area contributed by atoms with Crippen LogP contribution in [0.1, 0.15) is 27.2 Å². The fourth-order valence-corrected chi connectivity index (χ4v) is 1.35. The number of nitrogens with zero attached hydrogens (tertiary/aromatic N) is 1. The van der Waals surface area contributed by atoms with Crippen LogP contribution in [0.3, 0.4) is 0 Å². The fourth-order valence-electron chi connectivity index (χ4n) is 1.35. The Morgan fingerprint density at radius 2 is 2.14 bits per heavy atom. The number of hydrogen-bond acceptors (Lipinski definition) is 3. The Kier molecular flexibility index (Phi) is 5.08. The van der Waals surface area contributed by atoms with Crippen LogP contribution < -0.4 is 5.73 Å². The number of hydrogen-bond donors (Lipinski definition) is 2. The van der Waals surface area contributed by atoms with Gasteiger partial charge in [-0.2, -0.15) is 0 Å². The van der Waals surface area contributed by atoms with E-state index in [0.29, 0.717) is 12.5 Å². The molecule has 0 aliphatic rings. The van der Waals surface area contributed by atoms with E-state index in [1.165, 1.54) is 0 Å². The van der Waals surface area contributed by atoms with Gasteiger partial charge in [-0.15, -0.1) is 0 Å². The van der Waals surface area contributed by atoms with Crippen molar-refractivity contribution in [1.82, 2.24) is 4.90 Å². The van der Waals surface area contributed by atoms with Crippen LogP contribution in [0, 0.1) is 5.92 Å². The molecule has 2 atom stereocenters. The summed E-state index contributed by atoms with van der Waals surface area (Å²) >= 11 is 0. The van der Waals surface area contributed by atoms with Gasteiger partial charge in [-0.25, -0.2) is 0 Å². The van der Waals surface area contributed by atoms with E-state index in [0.717, 1.165) is 13.0 Å². The lowest BCUT2D eigenvalue weighted by Crippen LogP contribution is -2.53. The molecule has 0 fully saturated rings. The molecule has 0 heterocycles. The van der Waals surface area contributed by atoms with Gasteiger partial charge in [0.2, 0.25) is 0 Å². The number of carbonyl (C=O) groups is 1. The maximum atomic E-state index is 10.8. The Bertz CT molecular complexity index is 193. The highest BCUT2D eigenvalue weighted by Gasteiger charge is 2.29. The van der Waals surface area contributed by atoms with Crippen LogP contribution in [0.2, 0.25) is 0 Å². The maximum absolute atomic E-state index is 10.8. The number of rotatable bonds is 6. The highest BCUT2D eigenvalue weighted by molar-refractivity contribution is 5.78. The first kappa shape index (κ1) is 13.4. The van der Waals surface area contributed by atoms with E-state index in [-0.39, 0.29) is 0 Å². The molecule has 14 heavy (non-hydrogen) atoms. The zero-order valence-electron chi connectivity index (χ0n) is 9.58. The zero-order valence-corrected chi connectivity index (χ0v) is 9.58. The van der Waals surface area contributed by atoms with Gasteiger partial charge < -0.3 is 15.7 Å². The van der Waals surface area contributed by atoms with Gasteiger partial charge in [0.25, 0.3) is 0 Å². The monoisotopic (exact) mass is 202 g/mol. The third kappa shape index (κ3) is 4.58. The molecule has 4 heteroatoms. The van der Waals surface area contributed by atoms with Crippen molar-refractivity contribution in [2.24, 2.45) is 11.7 Å². The van der Waals surface area contributed by atoms with Crippen molar-refractivity contribution in [3.63, 3.8) is 0 Å². The Labute approximate surface area is 86.1 Å². The first-order valence-electron chi connectivity index (χ1n) is 5.00. The fraction of sp³-hybridized carbons (Fsp3) is 0.900. The standard InChI is InChI=1S/C10H22N2O2/c1-5-8(2)6-12(4)7-10(3,11)9(13)14/h8H,5-7,11H2,1-4H3,(H,13,14). The van der Waals surface area contributed by atoms with Crippen molar-refractivity contribution >= 4 is 5.97 Å². The van der Waals surface area contributed by atoms with Gasteiger partial charge in [0, 0.05) is 13.1 Å². The van der Waals surface area contributed by atoms with Crippen molar-refractivity contribution in [2.45, 2.75) is 32.7 Å². The number of carboxylic acid groups (broad SMARTS) is 1. The molecule has 84 valence electrons. The van der Waals surface area contributed by atoms with Gasteiger partial charge >= 0.3 is 5.97 Å². The second kappa shape index (κ2) is 5.32. The van der Waals surface area contributed by atoms with Gasteiger partial charge in [-0.05, 0) is 19.9 Å². The van der Waals surface area contributed by atoms with Crippen molar-refractivity contribution < 1.29 is 9.90 Å². The van der Waals surface area contributed by atoms with Crippen LogP contribution in [0.5, 0.6) is 0 Å². The zero-order chi connectivity index (χ0) is 11.4. The number of likely N-dealkylation sites (N-methyl/N-ethyl adjacent to an activating group) is 1. The molecule has 0 saturated carbocycles. The van der Waals surface area contributed by atoms with Crippen molar-refractivity contribution in [2.75, 3.05) is 20.1 Å². The Morgan fingerprint density at radius 1 is 1.64 bits per heavy atom. The first-order valence-corrected chi connectivity index (χ1v) is 5.00. The lowest BCUT2D eigenvalue weighted by Gasteiger charge is -2.28. The summed E-state index contributed by atoms with van der Waals surface area (Å²) in [5.41, 5.74) is 4.49. The Morgan fingerprint density at radius 3 is 2.50 bits per heavy atom. The van der Waals surface area contributed by atoms with Crippen LogP contribution >= 0.6 is 0 Å². The van der Waals surface area contributed by atoms with E-state index in [1.807, 2.05) is 11.9 Å². The molecule has 0 bridgehead atoms. The average molecular weight is 202 g/mol. The van der Waals surface area contributed by atoms with E-state index < -0.39 is 11.5 Å². The molecule has 0 aromatic rings. The summed E-state index contributed by atoms with van der Waals surface area (Å²) in [7, 11) is 1.90. The largest absolute Gasteiger partial charge is 0.480 e. The SMILES string of the molecule is CCC(C)CN(C)CC(C)(N)C(=O)O. The molecular formula is C10H22N2O2. The predicted octanol–water partition coefficient (Wildman–Crippen LogP) is 0.766. The lowest BCUT2D eigenvalue weighted by molar-refractivity contribution is -0.143. The summed E-state index contributed by atoms with van der Waals surface area (Å²) in [6.45, 7) is 7.08. The second-order valence-electron chi connectivity index (χ2n) is 4.43. The van der Waals surface area contributed by atoms with Gasteiger partial charge in [0.05, 0.1) is 0 Å². The number of carboxylic acids is 1. The van der Waals surface area contributed by atoms with Crippen molar-refractivity contribution in [3.8, 4) is 0 Å². The summed E-state index contributed by atoms with van der Waals surface area (Å²) in [5.74, 6) is -0.377. The molecular weight excluding hydrogens is 180 g/mol. The minimum absolute atomic E-state index is 0.382. The molecule has 0 radical (unpaired) electrons. The molecule has 0 aromatic carbocycles. The minimum Gasteiger partial charge on any atom is -0.480 e. The summed E-state index contributed by atoms with van der Waals surface area (Å²) in [4.78, 5) is 12.7. The molecule has 0 saturated heterocycles. The first-order chi connectivity index (χ1) is 6.29. The summed E-state index contributed by atoms with van der Waals surface area (Å²) < 4.78 is 0. The third-order valence-corrected chi connectivity index (χ3v) is 2.41. The molecule has 2 unspecified atom stereocenters. The van der Waals surface area contributed by atoms with Crippen LogP contribution in [0.25, 0.3) is 0 Å². The molecule has 0 rings (SSSR count). The van der Waals surface area contributed by atoms with Gasteiger partial charge in [-0.1, -0.05) is 20.3 Å². The van der Waals surface area contributed by atoms with Crippen LogP contribution in [-0.4, -0.2) is 41.7 Å². The number of aliphatic carboxylic acids is 1. The van der Waals surface area contributed by atoms with E-state index in [2.05, 4.69) is 13.8 Å². The van der Waals surface area contributed by atoms with Gasteiger partial charge in [0.1, 0.15) is 5.54 Å². The maximum Gasteiger partial charge on any atom is 0.324 e. The molecule has 0 aliphatic carbocycles. The topological polar surface area (TPSA) is 66.6 Å². The van der Waals surface area contributed by atoms with E-state index in [1.54, 1.807) is 6.92 Å². The van der Waals surface area contributed by atoms with Crippen molar-refractivity contribution in [1.29, 1.82) is 0 Å². The molecule has 0 aromatic heterocycles. The normalized spacial score (nSPS) is 17.9. The summed E-state index contributed by atoms with van der Waals surface area (Å²) in [5, 5.41) is 8.83. The highest BCUT2D eigenvalue weighted by atomic mass is 16.4. The summed E-state index contributed by atoms with van der Waals surface area (Å²) in [6, 6.07) is 0. The van der Waals surface area contributed by atoms with Crippen LogP contribution in [0.4, 0.5) is 0 Å². The molecule has 0 aliphatic heterocycles. The van der Waals surface area contributed by atoms with E-state index in [4.69, 9.17) is 10.8 Å². The average Bonchev–Trinajstić information content (AvgIpc) is 2.02. The molecule has 0 spiro atoms. The van der Waals surface area contributed by atoms with Crippen molar-refractivity contribution in [3.05, 3.63) is 0 Å². The quantitative estimate of drug-likeness (QED) is 0.667. The van der Waals surface area contributed by atoms with Crippen LogP contribution in [0.15, 0.2) is 0 Å². The molecule has 0 amide bonds. The second-order valence-corrected chi connectivity index (χ2v) is 4.43. The van der Waals surface area contributed by atoms with Gasteiger partial charge in [0.15, 0.2) is 0 Å². The molecule has 3 N–H and O–H groups in total. The Balaban J connectivity index is 4.05. The summed E-state index contributed by atoms with van der Waals surface area (Å²) in [6.07, 6.45) is 1.10. The Hall–Kier alpha value is -0.610. The van der Waals surface area contributed by atoms with Crippen LogP contribution in [-0.2, 0) is 4.79 Å². The van der Waals surface area contributed by atoms with E-state index >= 15 is 0 Å². The van der Waals surface area contributed by atoms with E-state index in [9.17, 15) is 4.79 Å². The lowest BCUT2D eigenvalue weighted by atomic mass is 10.0. The van der Waals surface area contributed by atoms with Gasteiger partial charge in [-0.3, -0.25) is 4.79 Å². The predicted molar refractivity (Wildman–Crippen MR) is 57.2 cm³/mol. The molecule has 4 nitrogen and oxygen atoms in total.